The second kappa shape index (κ2) is 9.21. The number of hydrogen-bond donors (Lipinski definition) is 0. The van der Waals surface area contributed by atoms with Crippen molar-refractivity contribution in [2.45, 2.75) is 57.3 Å². The zero-order valence-corrected chi connectivity index (χ0v) is 12.4. The first-order chi connectivity index (χ1) is 8.77. The second-order valence-electron chi connectivity index (χ2n) is 4.54. The first-order valence-corrected chi connectivity index (χ1v) is 8.02. The van der Waals surface area contributed by atoms with Crippen molar-refractivity contribution in [3.05, 3.63) is 29.8 Å². The predicted molar refractivity (Wildman–Crippen MR) is 80.5 cm³/mol. The van der Waals surface area contributed by atoms with Crippen LogP contribution in [0.15, 0.2) is 29.2 Å². The van der Waals surface area contributed by atoms with Gasteiger partial charge in [0.1, 0.15) is 0 Å². The Morgan fingerprint density at radius 3 is 2.28 bits per heavy atom. The topological polar surface area (TPSA) is 17.1 Å². The molecular weight excluding hydrogens is 240 g/mol. The number of unbranched alkanes of at least 4 members (excludes halogenated alkanes) is 4. The predicted octanol–water partition coefficient (Wildman–Crippen LogP) is 5.34. The first kappa shape index (κ1) is 15.3. The molecule has 0 saturated heterocycles. The quantitative estimate of drug-likeness (QED) is 0.340. The molecule has 0 unspecified atom stereocenters. The minimum absolute atomic E-state index is 0.291. The molecule has 0 aliphatic rings. The fraction of sp³-hybridized carbons (Fsp3) is 0.562. The van der Waals surface area contributed by atoms with Crippen LogP contribution < -0.4 is 0 Å². The van der Waals surface area contributed by atoms with E-state index in [1.165, 1.54) is 30.6 Å². The first-order valence-electron chi connectivity index (χ1n) is 7.04. The smallest absolute Gasteiger partial charge is 0.162 e. The van der Waals surface area contributed by atoms with Crippen LogP contribution in [0.2, 0.25) is 0 Å². The Bertz CT molecular complexity index is 343. The summed E-state index contributed by atoms with van der Waals surface area (Å²) in [5, 5.41) is 0. The van der Waals surface area contributed by atoms with Crippen LogP contribution in [0.3, 0.4) is 0 Å². The van der Waals surface area contributed by atoms with Crippen molar-refractivity contribution in [3.63, 3.8) is 0 Å². The summed E-state index contributed by atoms with van der Waals surface area (Å²) in [6, 6.07) is 8.04. The number of ketones is 1. The molecule has 1 aromatic carbocycles. The summed E-state index contributed by atoms with van der Waals surface area (Å²) in [6.45, 7) is 4.35. The van der Waals surface area contributed by atoms with Crippen molar-refractivity contribution in [2.24, 2.45) is 0 Å². The summed E-state index contributed by atoms with van der Waals surface area (Å²) in [5.74, 6) is 1.37. The molecule has 0 atom stereocenters. The van der Waals surface area contributed by atoms with E-state index >= 15 is 0 Å². The summed E-state index contributed by atoms with van der Waals surface area (Å²) in [4.78, 5) is 13.2. The highest BCUT2D eigenvalue weighted by Crippen LogP contribution is 2.18. The van der Waals surface area contributed by atoms with Crippen LogP contribution in [0.4, 0.5) is 0 Å². The number of Topliss-reactive ketones (excluding diaryl/α,β-unsaturated/α-hetero) is 1. The van der Waals surface area contributed by atoms with Crippen LogP contribution in [0, 0.1) is 0 Å². The zero-order valence-electron chi connectivity index (χ0n) is 11.6. The Morgan fingerprint density at radius 1 is 1.00 bits per heavy atom. The lowest BCUT2D eigenvalue weighted by Crippen LogP contribution is -1.98. The summed E-state index contributed by atoms with van der Waals surface area (Å²) >= 11 is 1.81. The normalized spacial score (nSPS) is 10.6. The molecule has 18 heavy (non-hydrogen) atoms. The van der Waals surface area contributed by atoms with E-state index in [1.54, 1.807) is 0 Å². The fourth-order valence-corrected chi connectivity index (χ4v) is 2.60. The second-order valence-corrected chi connectivity index (χ2v) is 5.88. The van der Waals surface area contributed by atoms with E-state index in [2.05, 4.69) is 26.0 Å². The van der Waals surface area contributed by atoms with E-state index < -0.39 is 0 Å². The lowest BCUT2D eigenvalue weighted by Gasteiger charge is -2.03. The average molecular weight is 264 g/mol. The van der Waals surface area contributed by atoms with Crippen molar-refractivity contribution < 1.29 is 4.79 Å². The van der Waals surface area contributed by atoms with Crippen molar-refractivity contribution in [1.29, 1.82) is 0 Å². The molecule has 0 radical (unpaired) electrons. The van der Waals surface area contributed by atoms with E-state index in [4.69, 9.17) is 0 Å². The third-order valence-corrected chi connectivity index (χ3v) is 3.89. The molecule has 0 heterocycles. The number of carbonyl (C=O) groups is 1. The minimum atomic E-state index is 0.291. The lowest BCUT2D eigenvalue weighted by atomic mass is 10.0. The van der Waals surface area contributed by atoms with Crippen LogP contribution in [-0.2, 0) is 0 Å². The van der Waals surface area contributed by atoms with E-state index in [1.807, 2.05) is 23.9 Å². The maximum absolute atomic E-state index is 11.9. The van der Waals surface area contributed by atoms with E-state index in [0.29, 0.717) is 12.2 Å². The van der Waals surface area contributed by atoms with Crippen LogP contribution in [-0.4, -0.2) is 11.5 Å². The van der Waals surface area contributed by atoms with Gasteiger partial charge in [0.2, 0.25) is 0 Å². The molecule has 2 heteroatoms. The van der Waals surface area contributed by atoms with Crippen LogP contribution >= 0.6 is 11.8 Å². The van der Waals surface area contributed by atoms with Gasteiger partial charge in [0.05, 0.1) is 0 Å². The van der Waals surface area contributed by atoms with Crippen LogP contribution in [0.5, 0.6) is 0 Å². The highest BCUT2D eigenvalue weighted by atomic mass is 32.2. The van der Waals surface area contributed by atoms with E-state index in [0.717, 1.165) is 17.7 Å². The number of benzene rings is 1. The molecule has 0 bridgehead atoms. The van der Waals surface area contributed by atoms with Gasteiger partial charge < -0.3 is 0 Å². The van der Waals surface area contributed by atoms with Gasteiger partial charge >= 0.3 is 0 Å². The van der Waals surface area contributed by atoms with Crippen molar-refractivity contribution in [2.75, 3.05) is 5.75 Å². The van der Waals surface area contributed by atoms with Gasteiger partial charge in [0.15, 0.2) is 5.78 Å². The molecule has 0 N–H and O–H groups in total. The SMILES string of the molecule is CCCCCCCC(=O)c1ccc(SCC)cc1. The monoisotopic (exact) mass is 264 g/mol. The molecule has 0 amide bonds. The lowest BCUT2D eigenvalue weighted by molar-refractivity contribution is 0.0979. The third kappa shape index (κ3) is 5.72. The summed E-state index contributed by atoms with van der Waals surface area (Å²) < 4.78 is 0. The molecule has 0 spiro atoms. The van der Waals surface area contributed by atoms with Gasteiger partial charge in [-0.1, -0.05) is 51.7 Å². The van der Waals surface area contributed by atoms with Crippen molar-refractivity contribution in [1.82, 2.24) is 0 Å². The average Bonchev–Trinajstić information content (AvgIpc) is 2.39. The van der Waals surface area contributed by atoms with Crippen molar-refractivity contribution in [3.8, 4) is 0 Å². The summed E-state index contributed by atoms with van der Waals surface area (Å²) in [7, 11) is 0. The Kier molecular flexibility index (Phi) is 7.83. The molecule has 0 saturated carbocycles. The van der Waals surface area contributed by atoms with Gasteiger partial charge in [0, 0.05) is 16.9 Å². The molecule has 1 nitrogen and oxygen atoms in total. The van der Waals surface area contributed by atoms with Gasteiger partial charge in [0.25, 0.3) is 0 Å². The molecule has 0 aliphatic heterocycles. The summed E-state index contributed by atoms with van der Waals surface area (Å²) in [6.07, 6.45) is 6.72. The number of hydrogen-bond acceptors (Lipinski definition) is 2. The van der Waals surface area contributed by atoms with Crippen LogP contribution in [0.25, 0.3) is 0 Å². The molecule has 1 rings (SSSR count). The van der Waals surface area contributed by atoms with E-state index in [-0.39, 0.29) is 0 Å². The Hall–Kier alpha value is -0.760. The van der Waals surface area contributed by atoms with Gasteiger partial charge in [-0.2, -0.15) is 0 Å². The maximum Gasteiger partial charge on any atom is 0.162 e. The molecular formula is C16H24OS. The molecule has 0 aromatic heterocycles. The Balaban J connectivity index is 2.32. The fourth-order valence-electron chi connectivity index (χ4n) is 1.94. The number of thioether (sulfide) groups is 1. The molecule has 1 aromatic rings. The van der Waals surface area contributed by atoms with E-state index in [9.17, 15) is 4.79 Å². The van der Waals surface area contributed by atoms with Gasteiger partial charge in [-0.15, -0.1) is 11.8 Å². The minimum Gasteiger partial charge on any atom is -0.294 e. The van der Waals surface area contributed by atoms with Crippen molar-refractivity contribution >= 4 is 17.5 Å². The zero-order chi connectivity index (χ0) is 13.2. The Labute approximate surface area is 115 Å². The molecule has 100 valence electrons. The third-order valence-electron chi connectivity index (χ3n) is 2.99. The van der Waals surface area contributed by atoms with Crippen LogP contribution in [0.1, 0.15) is 62.7 Å². The number of rotatable bonds is 9. The Morgan fingerprint density at radius 2 is 1.67 bits per heavy atom. The largest absolute Gasteiger partial charge is 0.294 e. The number of carbonyl (C=O) groups excluding carboxylic acids is 1. The highest BCUT2D eigenvalue weighted by Gasteiger charge is 2.05. The molecule has 0 aliphatic carbocycles. The van der Waals surface area contributed by atoms with Gasteiger partial charge in [-0.25, -0.2) is 0 Å². The van der Waals surface area contributed by atoms with Gasteiger partial charge in [-0.3, -0.25) is 4.79 Å². The van der Waals surface area contributed by atoms with Gasteiger partial charge in [-0.05, 0) is 24.3 Å². The maximum atomic E-state index is 11.9. The summed E-state index contributed by atoms with van der Waals surface area (Å²) in [5.41, 5.74) is 0.867. The highest BCUT2D eigenvalue weighted by molar-refractivity contribution is 7.99. The standard InChI is InChI=1S/C16H24OS/c1-3-5-6-7-8-9-16(17)14-10-12-15(13-11-14)18-4-2/h10-13H,3-9H2,1-2H3. The molecule has 0 fully saturated rings.